The largest absolute Gasteiger partial charge is 0.486 e. The lowest BCUT2D eigenvalue weighted by atomic mass is 9.85. The second-order valence-electron chi connectivity index (χ2n) is 5.32. The van der Waals surface area contributed by atoms with E-state index in [2.05, 4.69) is 0 Å². The molecule has 1 spiro atoms. The van der Waals surface area contributed by atoms with Crippen molar-refractivity contribution in [2.24, 2.45) is 0 Å². The van der Waals surface area contributed by atoms with Crippen molar-refractivity contribution in [2.75, 3.05) is 0 Å². The van der Waals surface area contributed by atoms with E-state index in [9.17, 15) is 4.79 Å². The van der Waals surface area contributed by atoms with Crippen molar-refractivity contribution in [3.8, 4) is 5.75 Å². The summed E-state index contributed by atoms with van der Waals surface area (Å²) in [5, 5.41) is 9.64. The Morgan fingerprint density at radius 1 is 1.37 bits per heavy atom. The van der Waals surface area contributed by atoms with Gasteiger partial charge in [0.05, 0.1) is 0 Å². The molecule has 0 amide bonds. The molecule has 1 aromatic carbocycles. The van der Waals surface area contributed by atoms with E-state index in [1.54, 1.807) is 12.1 Å². The van der Waals surface area contributed by atoms with Gasteiger partial charge in [0.1, 0.15) is 11.4 Å². The van der Waals surface area contributed by atoms with E-state index in [0.29, 0.717) is 11.4 Å². The highest BCUT2D eigenvalue weighted by Crippen LogP contribution is 2.48. The molecule has 4 heteroatoms. The van der Waals surface area contributed by atoms with E-state index in [0.717, 1.165) is 42.6 Å². The molecule has 19 heavy (non-hydrogen) atoms. The second-order valence-corrected chi connectivity index (χ2v) is 5.75. The lowest BCUT2D eigenvalue weighted by Crippen LogP contribution is -2.36. The third-order valence-corrected chi connectivity index (χ3v) is 4.17. The molecule has 0 unspecified atom stereocenters. The lowest BCUT2D eigenvalue weighted by molar-refractivity contribution is -0.131. The highest BCUT2D eigenvalue weighted by molar-refractivity contribution is 6.30. The molecule has 100 valence electrons. The summed E-state index contributed by atoms with van der Waals surface area (Å²) >= 11 is 6.00. The number of benzene rings is 1. The molecule has 0 saturated heterocycles. The molecule has 0 bridgehead atoms. The fraction of sp³-hybridized carbons (Fsp3) is 0.400. The van der Waals surface area contributed by atoms with Crippen LogP contribution in [0.5, 0.6) is 5.75 Å². The number of aliphatic carboxylic acids is 1. The summed E-state index contributed by atoms with van der Waals surface area (Å²) < 4.78 is 6.15. The van der Waals surface area contributed by atoms with Crippen molar-refractivity contribution in [2.45, 2.75) is 37.7 Å². The van der Waals surface area contributed by atoms with Crippen LogP contribution in [0.2, 0.25) is 5.02 Å². The first-order valence-electron chi connectivity index (χ1n) is 6.50. The first kappa shape index (κ1) is 12.5. The van der Waals surface area contributed by atoms with Crippen LogP contribution in [0.15, 0.2) is 24.3 Å². The van der Waals surface area contributed by atoms with Gasteiger partial charge in [-0.1, -0.05) is 11.6 Å². The van der Waals surface area contributed by atoms with E-state index in [-0.39, 0.29) is 5.60 Å². The summed E-state index contributed by atoms with van der Waals surface area (Å²) in [4.78, 5) is 11.0. The number of ether oxygens (including phenoxy) is 1. The average molecular weight is 279 g/mol. The van der Waals surface area contributed by atoms with Crippen molar-refractivity contribution in [1.82, 2.24) is 0 Å². The molecule has 1 aromatic rings. The number of rotatable bonds is 1. The maximum absolute atomic E-state index is 11.0. The Bertz CT molecular complexity index is 557. The van der Waals surface area contributed by atoms with Crippen molar-refractivity contribution in [3.63, 3.8) is 0 Å². The Kier molecular flexibility index (Phi) is 3.02. The quantitative estimate of drug-likeness (QED) is 0.793. The monoisotopic (exact) mass is 278 g/mol. The van der Waals surface area contributed by atoms with Crippen molar-refractivity contribution >= 4 is 23.1 Å². The summed E-state index contributed by atoms with van der Waals surface area (Å²) in [6.45, 7) is 0. The molecule has 3 rings (SSSR count). The first-order chi connectivity index (χ1) is 9.08. The Morgan fingerprint density at radius 2 is 2.11 bits per heavy atom. The number of carboxylic acids is 1. The maximum Gasteiger partial charge on any atom is 0.328 e. The van der Waals surface area contributed by atoms with Gasteiger partial charge in [-0.05, 0) is 49.5 Å². The van der Waals surface area contributed by atoms with Crippen molar-refractivity contribution in [3.05, 3.63) is 34.9 Å². The molecule has 1 saturated carbocycles. The van der Waals surface area contributed by atoms with Gasteiger partial charge in [-0.2, -0.15) is 0 Å². The molecular weight excluding hydrogens is 264 g/mol. The minimum atomic E-state index is -0.920. The van der Waals surface area contributed by atoms with Gasteiger partial charge < -0.3 is 9.84 Å². The van der Waals surface area contributed by atoms with E-state index >= 15 is 0 Å². The van der Waals surface area contributed by atoms with E-state index < -0.39 is 5.97 Å². The van der Waals surface area contributed by atoms with Crippen LogP contribution in [-0.2, 0) is 4.79 Å². The number of halogens is 1. The lowest BCUT2D eigenvalue weighted by Gasteiger charge is -2.37. The van der Waals surface area contributed by atoms with Gasteiger partial charge in [0.2, 0.25) is 0 Å². The van der Waals surface area contributed by atoms with Gasteiger partial charge in [-0.25, -0.2) is 4.79 Å². The minimum absolute atomic E-state index is 0.206. The van der Waals surface area contributed by atoms with Crippen LogP contribution >= 0.6 is 11.6 Å². The van der Waals surface area contributed by atoms with E-state index in [1.807, 2.05) is 6.07 Å². The SMILES string of the molecule is O=C(O)/C=C1\CC2(CCCC2)Oc2ccc(Cl)cc21. The fourth-order valence-corrected chi connectivity index (χ4v) is 3.30. The summed E-state index contributed by atoms with van der Waals surface area (Å²) in [5.74, 6) is -0.166. The first-order valence-corrected chi connectivity index (χ1v) is 6.88. The van der Waals surface area contributed by atoms with Gasteiger partial charge in [0, 0.05) is 23.1 Å². The molecule has 1 N–H and O–H groups in total. The zero-order valence-electron chi connectivity index (χ0n) is 10.5. The third kappa shape index (κ3) is 2.35. The van der Waals surface area contributed by atoms with Crippen LogP contribution in [0, 0.1) is 0 Å². The molecule has 1 fully saturated rings. The normalized spacial score (nSPS) is 22.3. The smallest absolute Gasteiger partial charge is 0.328 e. The maximum atomic E-state index is 11.0. The van der Waals surface area contributed by atoms with Crippen LogP contribution in [0.4, 0.5) is 0 Å². The summed E-state index contributed by atoms with van der Waals surface area (Å²) in [6.07, 6.45) is 6.22. The molecular formula is C15H15ClO3. The van der Waals surface area contributed by atoms with Crippen LogP contribution in [0.25, 0.3) is 5.57 Å². The van der Waals surface area contributed by atoms with Gasteiger partial charge in [0.15, 0.2) is 0 Å². The topological polar surface area (TPSA) is 46.5 Å². The molecule has 1 aliphatic heterocycles. The van der Waals surface area contributed by atoms with Crippen LogP contribution < -0.4 is 4.74 Å². The van der Waals surface area contributed by atoms with Gasteiger partial charge in [-0.3, -0.25) is 0 Å². The molecule has 0 radical (unpaired) electrons. The molecule has 3 nitrogen and oxygen atoms in total. The number of hydrogen-bond donors (Lipinski definition) is 1. The highest BCUT2D eigenvalue weighted by Gasteiger charge is 2.41. The fourth-order valence-electron chi connectivity index (χ4n) is 3.13. The molecule has 1 aliphatic carbocycles. The Hall–Kier alpha value is -1.48. The summed E-state index contributed by atoms with van der Waals surface area (Å²) in [5.41, 5.74) is 1.42. The zero-order valence-corrected chi connectivity index (χ0v) is 11.2. The third-order valence-electron chi connectivity index (χ3n) is 3.94. The van der Waals surface area contributed by atoms with E-state index in [1.165, 1.54) is 6.08 Å². The zero-order chi connectivity index (χ0) is 13.5. The predicted octanol–water partition coefficient (Wildman–Crippen LogP) is 3.90. The number of fused-ring (bicyclic) bond motifs is 1. The second kappa shape index (κ2) is 4.57. The number of carboxylic acid groups (broad SMARTS) is 1. The number of hydrogen-bond acceptors (Lipinski definition) is 2. The van der Waals surface area contributed by atoms with Gasteiger partial charge in [0.25, 0.3) is 0 Å². The van der Waals surface area contributed by atoms with Crippen molar-refractivity contribution in [1.29, 1.82) is 0 Å². The molecule has 0 atom stereocenters. The predicted molar refractivity (Wildman–Crippen MR) is 73.5 cm³/mol. The Labute approximate surface area is 116 Å². The average Bonchev–Trinajstić information content (AvgIpc) is 2.78. The molecule has 1 heterocycles. The summed E-state index contributed by atoms with van der Waals surface area (Å²) in [7, 11) is 0. The minimum Gasteiger partial charge on any atom is -0.486 e. The standard InChI is InChI=1S/C15H15ClO3/c16-11-3-4-13-12(8-11)10(7-14(17)18)9-15(19-13)5-1-2-6-15/h3-4,7-8H,1-2,5-6,9H2,(H,17,18)/b10-7+. The Balaban J connectivity index is 2.08. The van der Waals surface area contributed by atoms with Crippen LogP contribution in [0.1, 0.15) is 37.7 Å². The Morgan fingerprint density at radius 3 is 2.79 bits per heavy atom. The number of carbonyl (C=O) groups is 1. The molecule has 0 aromatic heterocycles. The van der Waals surface area contributed by atoms with Crippen LogP contribution in [-0.4, -0.2) is 16.7 Å². The van der Waals surface area contributed by atoms with Gasteiger partial charge in [-0.15, -0.1) is 0 Å². The molecule has 2 aliphatic rings. The van der Waals surface area contributed by atoms with Gasteiger partial charge >= 0.3 is 5.97 Å². The summed E-state index contributed by atoms with van der Waals surface area (Å²) in [6, 6.07) is 5.41. The van der Waals surface area contributed by atoms with Crippen LogP contribution in [0.3, 0.4) is 0 Å². The van der Waals surface area contributed by atoms with E-state index in [4.69, 9.17) is 21.4 Å². The van der Waals surface area contributed by atoms with Crippen molar-refractivity contribution < 1.29 is 14.6 Å². The highest BCUT2D eigenvalue weighted by atomic mass is 35.5.